The third kappa shape index (κ3) is 4.70. The summed E-state index contributed by atoms with van der Waals surface area (Å²) in [6, 6.07) is 5.68. The molecule has 1 saturated carbocycles. The van der Waals surface area contributed by atoms with Crippen molar-refractivity contribution in [2.75, 3.05) is 55.7 Å². The molecule has 2 saturated heterocycles. The Kier molecular flexibility index (Phi) is 6.37. The molecule has 11 heteroatoms. The van der Waals surface area contributed by atoms with Crippen molar-refractivity contribution < 1.29 is 13.5 Å². The van der Waals surface area contributed by atoms with Gasteiger partial charge in [-0.25, -0.2) is 13.8 Å². The lowest BCUT2D eigenvalue weighted by molar-refractivity contribution is -0.178. The molecule has 0 bridgehead atoms. The molecule has 1 aliphatic carbocycles. The molecule has 1 spiro atoms. The summed E-state index contributed by atoms with van der Waals surface area (Å²) in [5.41, 5.74) is 2.09. The first-order valence-corrected chi connectivity index (χ1v) is 13.0. The van der Waals surface area contributed by atoms with Gasteiger partial charge in [-0.05, 0) is 36.6 Å². The lowest BCUT2D eigenvalue weighted by Gasteiger charge is -2.59. The molecular weight excluding hydrogens is 500 g/mol. The van der Waals surface area contributed by atoms with Crippen LogP contribution in [0.3, 0.4) is 0 Å². The third-order valence-electron chi connectivity index (χ3n) is 8.14. The summed E-state index contributed by atoms with van der Waals surface area (Å²) < 4.78 is 34.8. The number of alkyl halides is 2. The van der Waals surface area contributed by atoms with Crippen molar-refractivity contribution in [1.29, 1.82) is 0 Å². The third-order valence-corrected chi connectivity index (χ3v) is 8.37. The lowest BCUT2D eigenvalue weighted by Crippen LogP contribution is -2.64. The van der Waals surface area contributed by atoms with E-state index in [4.69, 9.17) is 16.3 Å². The molecule has 6 rings (SSSR count). The highest BCUT2D eigenvalue weighted by Gasteiger charge is 2.55. The van der Waals surface area contributed by atoms with E-state index < -0.39 is 11.8 Å². The van der Waals surface area contributed by atoms with Crippen LogP contribution in [0.2, 0.25) is 5.02 Å². The van der Waals surface area contributed by atoms with Crippen molar-refractivity contribution >= 4 is 35.7 Å². The molecule has 37 heavy (non-hydrogen) atoms. The van der Waals surface area contributed by atoms with Crippen LogP contribution in [0.25, 0.3) is 0 Å². The minimum Gasteiger partial charge on any atom is -0.380 e. The van der Waals surface area contributed by atoms with Crippen LogP contribution in [0.5, 0.6) is 0 Å². The number of anilines is 2. The first-order chi connectivity index (χ1) is 17.9. The smallest absolute Gasteiger partial charge is 0.267 e. The fourth-order valence-electron chi connectivity index (χ4n) is 6.14. The second-order valence-electron chi connectivity index (χ2n) is 10.8. The first-order valence-electron chi connectivity index (χ1n) is 12.6. The van der Waals surface area contributed by atoms with Crippen LogP contribution in [0.4, 0.5) is 20.3 Å². The standard InChI is InChI=1S/C26H30ClF2N7O/c1-30-33-24(19-9-25(10-19)15-35(16-25)23-11-31-4-5-32-23)36-7-6-34(17-26(28,29)20-13-37-14-20)12-18-8-21(27)2-3-22(18)36/h2-5,8,11,19-20H,1,6-7,9-10,12-17H2/b33-24-. The SMILES string of the molecule is C=N/N=C(/C1CC2(C1)CN(c1cnccn1)C2)N1CCN(CC(F)(F)C2COC2)Cc2cc(Cl)ccc21. The van der Waals surface area contributed by atoms with Gasteiger partial charge in [0.1, 0.15) is 11.7 Å². The summed E-state index contributed by atoms with van der Waals surface area (Å²) in [5, 5.41) is 8.98. The number of nitrogens with zero attached hydrogens (tertiary/aromatic N) is 7. The molecule has 1 aromatic heterocycles. The van der Waals surface area contributed by atoms with Crippen molar-refractivity contribution in [2.24, 2.45) is 27.5 Å². The molecule has 196 valence electrons. The van der Waals surface area contributed by atoms with Gasteiger partial charge in [0, 0.05) is 73.9 Å². The minimum absolute atomic E-state index is 0.120. The van der Waals surface area contributed by atoms with Gasteiger partial charge >= 0.3 is 0 Å². The first kappa shape index (κ1) is 24.6. The van der Waals surface area contributed by atoms with Crippen molar-refractivity contribution in [1.82, 2.24) is 14.9 Å². The summed E-state index contributed by atoms with van der Waals surface area (Å²) in [6.07, 6.45) is 7.17. The number of halogens is 3. The molecule has 8 nitrogen and oxygen atoms in total. The molecule has 0 atom stereocenters. The number of hydrogen-bond acceptors (Lipinski definition) is 7. The van der Waals surface area contributed by atoms with Gasteiger partial charge < -0.3 is 14.5 Å². The van der Waals surface area contributed by atoms with Crippen LogP contribution in [-0.2, 0) is 11.3 Å². The van der Waals surface area contributed by atoms with Crippen LogP contribution >= 0.6 is 11.6 Å². The van der Waals surface area contributed by atoms with E-state index in [-0.39, 0.29) is 31.1 Å². The van der Waals surface area contributed by atoms with Gasteiger partial charge in [-0.2, -0.15) is 5.10 Å². The molecule has 4 heterocycles. The lowest BCUT2D eigenvalue weighted by atomic mass is 9.57. The maximum Gasteiger partial charge on any atom is 0.267 e. The highest BCUT2D eigenvalue weighted by molar-refractivity contribution is 6.30. The average Bonchev–Trinajstić information content (AvgIpc) is 2.93. The van der Waals surface area contributed by atoms with Gasteiger partial charge in [-0.15, -0.1) is 5.10 Å². The molecule has 0 N–H and O–H groups in total. The molecule has 0 amide bonds. The number of fused-ring (bicyclic) bond motifs is 1. The Balaban J connectivity index is 1.18. The monoisotopic (exact) mass is 529 g/mol. The summed E-state index contributed by atoms with van der Waals surface area (Å²) >= 11 is 6.34. The van der Waals surface area contributed by atoms with Gasteiger partial charge in [-0.3, -0.25) is 9.88 Å². The van der Waals surface area contributed by atoms with E-state index in [1.54, 1.807) is 18.6 Å². The molecule has 0 unspecified atom stereocenters. The predicted molar refractivity (Wildman–Crippen MR) is 140 cm³/mol. The number of benzene rings is 1. The van der Waals surface area contributed by atoms with E-state index in [2.05, 4.69) is 36.7 Å². The Hall–Kier alpha value is -2.69. The second-order valence-corrected chi connectivity index (χ2v) is 11.2. The van der Waals surface area contributed by atoms with Crippen LogP contribution in [-0.4, -0.2) is 79.3 Å². The Morgan fingerprint density at radius 2 is 2.03 bits per heavy atom. The van der Waals surface area contributed by atoms with Crippen LogP contribution in [0.1, 0.15) is 18.4 Å². The van der Waals surface area contributed by atoms with Gasteiger partial charge in [-0.1, -0.05) is 11.6 Å². The molecule has 1 aromatic carbocycles. The van der Waals surface area contributed by atoms with Gasteiger partial charge in [0.25, 0.3) is 5.92 Å². The van der Waals surface area contributed by atoms with E-state index in [9.17, 15) is 8.78 Å². The highest BCUT2D eigenvalue weighted by Crippen LogP contribution is 2.53. The topological polar surface area (TPSA) is 69.5 Å². The molecule has 3 aliphatic heterocycles. The van der Waals surface area contributed by atoms with Crippen LogP contribution < -0.4 is 9.80 Å². The Labute approximate surface area is 220 Å². The van der Waals surface area contributed by atoms with Crippen molar-refractivity contribution in [3.05, 3.63) is 47.4 Å². The minimum atomic E-state index is -2.80. The zero-order chi connectivity index (χ0) is 25.6. The molecule has 2 aromatic rings. The van der Waals surface area contributed by atoms with E-state index in [0.717, 1.165) is 48.8 Å². The van der Waals surface area contributed by atoms with E-state index in [1.165, 1.54) is 0 Å². The number of hydrogen-bond donors (Lipinski definition) is 0. The Morgan fingerprint density at radius 3 is 2.70 bits per heavy atom. The summed E-state index contributed by atoms with van der Waals surface area (Å²) in [5.74, 6) is -1.54. The predicted octanol–water partition coefficient (Wildman–Crippen LogP) is 3.96. The van der Waals surface area contributed by atoms with E-state index >= 15 is 0 Å². The van der Waals surface area contributed by atoms with Crippen molar-refractivity contribution in [3.8, 4) is 0 Å². The maximum atomic E-state index is 14.9. The van der Waals surface area contributed by atoms with Crippen molar-refractivity contribution in [3.63, 3.8) is 0 Å². The fourth-order valence-corrected chi connectivity index (χ4v) is 6.34. The van der Waals surface area contributed by atoms with Gasteiger partial charge in [0.15, 0.2) is 0 Å². The van der Waals surface area contributed by atoms with Crippen molar-refractivity contribution in [2.45, 2.75) is 25.3 Å². The van der Waals surface area contributed by atoms with Crippen LogP contribution in [0, 0.1) is 17.3 Å². The maximum absolute atomic E-state index is 14.9. The van der Waals surface area contributed by atoms with E-state index in [0.29, 0.717) is 24.7 Å². The van der Waals surface area contributed by atoms with Gasteiger partial charge in [0.05, 0.1) is 31.9 Å². The van der Waals surface area contributed by atoms with Crippen LogP contribution in [0.15, 0.2) is 47.0 Å². The normalized spacial score (nSPS) is 22.6. The number of amidine groups is 1. The average molecular weight is 530 g/mol. The molecule has 3 fully saturated rings. The summed E-state index contributed by atoms with van der Waals surface area (Å²) in [6.45, 7) is 6.84. The Bertz CT molecular complexity index is 1180. The fraction of sp³-hybridized carbons (Fsp3) is 0.538. The highest BCUT2D eigenvalue weighted by atomic mass is 35.5. The second kappa shape index (κ2) is 9.56. The van der Waals surface area contributed by atoms with Gasteiger partial charge in [0.2, 0.25) is 0 Å². The number of ether oxygens (including phenoxy) is 1. The largest absolute Gasteiger partial charge is 0.380 e. The summed E-state index contributed by atoms with van der Waals surface area (Å²) in [7, 11) is 0. The number of rotatable bonds is 6. The quantitative estimate of drug-likeness (QED) is 0.320. The molecule has 0 radical (unpaired) electrons. The zero-order valence-electron chi connectivity index (χ0n) is 20.6. The summed E-state index contributed by atoms with van der Waals surface area (Å²) in [4.78, 5) is 14.8. The molecule has 4 aliphatic rings. The zero-order valence-corrected chi connectivity index (χ0v) is 21.3. The van der Waals surface area contributed by atoms with E-state index in [1.807, 2.05) is 23.1 Å². The number of aromatic nitrogens is 2. The Morgan fingerprint density at radius 1 is 1.22 bits per heavy atom. The molecular formula is C26H30ClF2N7O.